The topological polar surface area (TPSA) is 21.3 Å². The van der Waals surface area contributed by atoms with E-state index < -0.39 is 0 Å². The molecule has 2 aromatic rings. The van der Waals surface area contributed by atoms with Crippen molar-refractivity contribution in [2.45, 2.75) is 19.4 Å². The highest BCUT2D eigenvalue weighted by Gasteiger charge is 2.17. The molecular weight excluding hydrogens is 289 g/mol. The molecule has 0 heterocycles. The van der Waals surface area contributed by atoms with E-state index in [9.17, 15) is 4.39 Å². The van der Waals surface area contributed by atoms with Crippen LogP contribution in [0.15, 0.2) is 42.5 Å². The fourth-order valence-electron chi connectivity index (χ4n) is 2.41. The highest BCUT2D eigenvalue weighted by Crippen LogP contribution is 2.29. The van der Waals surface area contributed by atoms with Crippen LogP contribution < -0.4 is 10.1 Å². The van der Waals surface area contributed by atoms with E-state index in [0.29, 0.717) is 11.4 Å². The third-order valence-electron chi connectivity index (χ3n) is 3.40. The predicted octanol–water partition coefficient (Wildman–Crippen LogP) is 4.38. The van der Waals surface area contributed by atoms with Gasteiger partial charge >= 0.3 is 0 Å². The summed E-state index contributed by atoms with van der Waals surface area (Å²) in [6.45, 7) is 2.79. The zero-order valence-corrected chi connectivity index (χ0v) is 13.0. The van der Waals surface area contributed by atoms with Gasteiger partial charge in [0.1, 0.15) is 11.6 Å². The quantitative estimate of drug-likeness (QED) is 0.855. The van der Waals surface area contributed by atoms with Crippen LogP contribution in [-0.4, -0.2) is 13.7 Å². The molecule has 0 fully saturated rings. The maximum atomic E-state index is 13.5. The molecule has 1 N–H and O–H groups in total. The zero-order valence-electron chi connectivity index (χ0n) is 12.2. The number of halogens is 2. The van der Waals surface area contributed by atoms with Crippen molar-refractivity contribution in [2.75, 3.05) is 13.7 Å². The van der Waals surface area contributed by atoms with E-state index in [1.807, 2.05) is 31.2 Å². The van der Waals surface area contributed by atoms with E-state index >= 15 is 0 Å². The maximum absolute atomic E-state index is 13.5. The van der Waals surface area contributed by atoms with Crippen molar-refractivity contribution in [3.8, 4) is 5.75 Å². The van der Waals surface area contributed by atoms with Crippen molar-refractivity contribution < 1.29 is 9.13 Å². The van der Waals surface area contributed by atoms with E-state index in [1.165, 1.54) is 12.1 Å². The normalized spacial score (nSPS) is 12.2. The van der Waals surface area contributed by atoms with Gasteiger partial charge in [-0.05, 0) is 48.4 Å². The number of methoxy groups -OCH3 is 1. The lowest BCUT2D eigenvalue weighted by Gasteiger charge is -2.21. The van der Waals surface area contributed by atoms with Crippen LogP contribution in [0.4, 0.5) is 4.39 Å². The third kappa shape index (κ3) is 3.96. The minimum Gasteiger partial charge on any atom is -0.496 e. The third-order valence-corrected chi connectivity index (χ3v) is 3.74. The number of para-hydroxylation sites is 1. The summed E-state index contributed by atoms with van der Waals surface area (Å²) >= 11 is 6.23. The molecule has 0 aliphatic rings. The first-order valence-corrected chi connectivity index (χ1v) is 7.33. The molecule has 21 heavy (non-hydrogen) atoms. The molecule has 1 atom stereocenters. The van der Waals surface area contributed by atoms with Gasteiger partial charge in [-0.1, -0.05) is 36.7 Å². The van der Waals surface area contributed by atoms with E-state index in [1.54, 1.807) is 13.2 Å². The number of nitrogens with one attached hydrogen (secondary N) is 1. The first-order chi connectivity index (χ1) is 10.2. The average molecular weight is 308 g/mol. The zero-order chi connectivity index (χ0) is 15.2. The van der Waals surface area contributed by atoms with Gasteiger partial charge in [0.05, 0.1) is 7.11 Å². The molecule has 0 aliphatic carbocycles. The Kier molecular flexibility index (Phi) is 5.59. The number of rotatable bonds is 6. The summed E-state index contributed by atoms with van der Waals surface area (Å²) in [6, 6.07) is 12.2. The number of likely N-dealkylation sites (N-methyl/N-ethyl adjacent to an activating group) is 1. The van der Waals surface area contributed by atoms with Gasteiger partial charge in [-0.25, -0.2) is 4.39 Å². The fourth-order valence-corrected chi connectivity index (χ4v) is 2.66. The minimum atomic E-state index is -0.280. The van der Waals surface area contributed by atoms with Gasteiger partial charge in [0.15, 0.2) is 0 Å². The maximum Gasteiger partial charge on any atom is 0.123 e. The van der Waals surface area contributed by atoms with Crippen LogP contribution in [0.5, 0.6) is 5.75 Å². The SMILES string of the molecule is CCNC(Cc1ccccc1OC)c1cc(F)ccc1Cl. The number of ether oxygens (including phenoxy) is 1. The van der Waals surface area contributed by atoms with E-state index in [4.69, 9.17) is 16.3 Å². The van der Waals surface area contributed by atoms with Crippen LogP contribution in [0.2, 0.25) is 5.02 Å². The summed E-state index contributed by atoms with van der Waals surface area (Å²) in [5.74, 6) is 0.547. The Balaban J connectivity index is 2.33. The van der Waals surface area contributed by atoms with Crippen LogP contribution in [-0.2, 0) is 6.42 Å². The first kappa shape index (κ1) is 15.8. The van der Waals surface area contributed by atoms with Crippen LogP contribution in [0.1, 0.15) is 24.1 Å². The lowest BCUT2D eigenvalue weighted by Crippen LogP contribution is -2.23. The van der Waals surface area contributed by atoms with E-state index in [0.717, 1.165) is 23.4 Å². The van der Waals surface area contributed by atoms with Crippen molar-refractivity contribution in [3.63, 3.8) is 0 Å². The summed E-state index contributed by atoms with van der Waals surface area (Å²) in [6.07, 6.45) is 0.682. The molecule has 0 radical (unpaired) electrons. The van der Waals surface area contributed by atoms with Crippen LogP contribution in [0.3, 0.4) is 0 Å². The molecule has 0 amide bonds. The Hall–Kier alpha value is -1.58. The summed E-state index contributed by atoms with van der Waals surface area (Å²) in [5.41, 5.74) is 1.83. The van der Waals surface area contributed by atoms with E-state index in [2.05, 4.69) is 5.32 Å². The molecule has 0 aliphatic heterocycles. The van der Waals surface area contributed by atoms with Gasteiger partial charge in [-0.3, -0.25) is 0 Å². The molecule has 2 aromatic carbocycles. The molecule has 0 aromatic heterocycles. The lowest BCUT2D eigenvalue weighted by atomic mass is 9.98. The minimum absolute atomic E-state index is 0.0606. The van der Waals surface area contributed by atoms with Crippen molar-refractivity contribution >= 4 is 11.6 Å². The van der Waals surface area contributed by atoms with Crippen LogP contribution in [0, 0.1) is 5.82 Å². The lowest BCUT2D eigenvalue weighted by molar-refractivity contribution is 0.405. The van der Waals surface area contributed by atoms with Crippen molar-refractivity contribution in [1.82, 2.24) is 5.32 Å². The van der Waals surface area contributed by atoms with Gasteiger partial charge in [-0.2, -0.15) is 0 Å². The Labute approximate surface area is 129 Å². The Morgan fingerprint density at radius 3 is 2.71 bits per heavy atom. The summed E-state index contributed by atoms with van der Waals surface area (Å²) in [5, 5.41) is 3.93. The highest BCUT2D eigenvalue weighted by atomic mass is 35.5. The number of hydrogen-bond donors (Lipinski definition) is 1. The van der Waals surface area contributed by atoms with E-state index in [-0.39, 0.29) is 11.9 Å². The second kappa shape index (κ2) is 7.43. The molecule has 0 saturated heterocycles. The molecule has 0 spiro atoms. The summed E-state index contributed by atoms with van der Waals surface area (Å²) in [7, 11) is 1.65. The molecule has 2 rings (SSSR count). The fraction of sp³-hybridized carbons (Fsp3) is 0.294. The van der Waals surface area contributed by atoms with Crippen molar-refractivity contribution in [1.29, 1.82) is 0 Å². The highest BCUT2D eigenvalue weighted by molar-refractivity contribution is 6.31. The smallest absolute Gasteiger partial charge is 0.123 e. The predicted molar refractivity (Wildman–Crippen MR) is 84.5 cm³/mol. The molecule has 4 heteroatoms. The Bertz CT molecular complexity index is 603. The van der Waals surface area contributed by atoms with Crippen LogP contribution in [0.25, 0.3) is 0 Å². The van der Waals surface area contributed by atoms with Crippen molar-refractivity contribution in [3.05, 3.63) is 64.4 Å². The van der Waals surface area contributed by atoms with Gasteiger partial charge < -0.3 is 10.1 Å². The standard InChI is InChI=1S/C17H19ClFNO/c1-3-20-16(14-11-13(19)8-9-15(14)18)10-12-6-4-5-7-17(12)21-2/h4-9,11,16,20H,3,10H2,1-2H3. The summed E-state index contributed by atoms with van der Waals surface area (Å²) < 4.78 is 18.9. The van der Waals surface area contributed by atoms with Gasteiger partial charge in [-0.15, -0.1) is 0 Å². The second-order valence-corrected chi connectivity index (χ2v) is 5.20. The molecule has 2 nitrogen and oxygen atoms in total. The number of hydrogen-bond acceptors (Lipinski definition) is 2. The summed E-state index contributed by atoms with van der Waals surface area (Å²) in [4.78, 5) is 0. The Morgan fingerprint density at radius 2 is 2.00 bits per heavy atom. The molecular formula is C17H19ClFNO. The number of benzene rings is 2. The second-order valence-electron chi connectivity index (χ2n) is 4.79. The molecule has 1 unspecified atom stereocenters. The molecule has 0 saturated carbocycles. The van der Waals surface area contributed by atoms with Gasteiger partial charge in [0.25, 0.3) is 0 Å². The van der Waals surface area contributed by atoms with Gasteiger partial charge in [0, 0.05) is 11.1 Å². The van der Waals surface area contributed by atoms with Crippen LogP contribution >= 0.6 is 11.6 Å². The average Bonchev–Trinajstić information content (AvgIpc) is 2.50. The van der Waals surface area contributed by atoms with Crippen molar-refractivity contribution in [2.24, 2.45) is 0 Å². The molecule has 112 valence electrons. The monoisotopic (exact) mass is 307 g/mol. The largest absolute Gasteiger partial charge is 0.496 e. The Morgan fingerprint density at radius 1 is 1.24 bits per heavy atom. The first-order valence-electron chi connectivity index (χ1n) is 6.96. The van der Waals surface area contributed by atoms with Gasteiger partial charge in [0.2, 0.25) is 0 Å². The molecule has 0 bridgehead atoms.